The van der Waals surface area contributed by atoms with Crippen molar-refractivity contribution < 1.29 is 9.53 Å². The standard InChI is InChI=1S/C15H16N2O2S/c18-15(17-7-11-5-10(17)8-19-11)9-20-14-6-16-13-4-2-1-3-12(13)14/h1-4,6,10-11,16H,5,7-9H2/t10-,11+/m0/s1. The molecule has 0 unspecified atom stereocenters. The number of thioether (sulfide) groups is 1. The van der Waals surface area contributed by atoms with E-state index in [1.54, 1.807) is 11.8 Å². The summed E-state index contributed by atoms with van der Waals surface area (Å²) in [4.78, 5) is 18.7. The quantitative estimate of drug-likeness (QED) is 0.881. The zero-order chi connectivity index (χ0) is 13.5. The lowest BCUT2D eigenvalue weighted by molar-refractivity contribution is -0.132. The third-order valence-corrected chi connectivity index (χ3v) is 5.16. The highest BCUT2D eigenvalue weighted by atomic mass is 32.2. The molecule has 1 N–H and O–H groups in total. The van der Waals surface area contributed by atoms with Crippen LogP contribution in [0.5, 0.6) is 0 Å². The van der Waals surface area contributed by atoms with Crippen LogP contribution < -0.4 is 0 Å². The third-order valence-electron chi connectivity index (χ3n) is 4.12. The van der Waals surface area contributed by atoms with Crippen molar-refractivity contribution in [2.75, 3.05) is 18.9 Å². The summed E-state index contributed by atoms with van der Waals surface area (Å²) in [7, 11) is 0. The molecule has 2 fully saturated rings. The smallest absolute Gasteiger partial charge is 0.233 e. The van der Waals surface area contributed by atoms with Crippen molar-refractivity contribution in [1.29, 1.82) is 0 Å². The van der Waals surface area contributed by atoms with Crippen LogP contribution in [0.3, 0.4) is 0 Å². The summed E-state index contributed by atoms with van der Waals surface area (Å²) in [6, 6.07) is 8.50. The summed E-state index contributed by atoms with van der Waals surface area (Å²) in [5, 5.41) is 1.19. The van der Waals surface area contributed by atoms with Gasteiger partial charge in [-0.2, -0.15) is 0 Å². The number of likely N-dealkylation sites (tertiary alicyclic amines) is 1. The number of benzene rings is 1. The van der Waals surface area contributed by atoms with Gasteiger partial charge < -0.3 is 14.6 Å². The monoisotopic (exact) mass is 288 g/mol. The highest BCUT2D eigenvalue weighted by Gasteiger charge is 2.41. The Balaban J connectivity index is 1.44. The van der Waals surface area contributed by atoms with Crippen molar-refractivity contribution in [3.05, 3.63) is 30.5 Å². The van der Waals surface area contributed by atoms with Gasteiger partial charge in [-0.05, 0) is 12.5 Å². The van der Waals surface area contributed by atoms with Crippen LogP contribution in [0.25, 0.3) is 10.9 Å². The minimum atomic E-state index is 0.232. The van der Waals surface area contributed by atoms with E-state index in [1.807, 2.05) is 23.2 Å². The number of carbonyl (C=O) groups is 1. The summed E-state index contributed by atoms with van der Waals surface area (Å²) >= 11 is 1.62. The Morgan fingerprint density at radius 3 is 3.15 bits per heavy atom. The molecule has 2 saturated heterocycles. The van der Waals surface area contributed by atoms with Gasteiger partial charge in [0.2, 0.25) is 5.91 Å². The van der Waals surface area contributed by atoms with E-state index < -0.39 is 0 Å². The van der Waals surface area contributed by atoms with Gasteiger partial charge in [0.1, 0.15) is 0 Å². The van der Waals surface area contributed by atoms with Crippen molar-refractivity contribution in [2.45, 2.75) is 23.5 Å². The molecular formula is C15H16N2O2S. The number of rotatable bonds is 3. The normalized spacial score (nSPS) is 24.7. The molecule has 104 valence electrons. The third kappa shape index (κ3) is 2.01. The van der Waals surface area contributed by atoms with Gasteiger partial charge in [-0.1, -0.05) is 18.2 Å². The molecule has 2 bridgehead atoms. The molecule has 5 heteroatoms. The maximum absolute atomic E-state index is 12.3. The molecule has 0 spiro atoms. The zero-order valence-electron chi connectivity index (χ0n) is 11.0. The number of morpholine rings is 1. The van der Waals surface area contributed by atoms with E-state index in [0.717, 1.165) is 23.4 Å². The fraction of sp³-hybridized carbons (Fsp3) is 0.400. The largest absolute Gasteiger partial charge is 0.374 e. The van der Waals surface area contributed by atoms with Gasteiger partial charge in [0.05, 0.1) is 24.5 Å². The minimum absolute atomic E-state index is 0.232. The second-order valence-corrected chi connectivity index (χ2v) is 6.40. The predicted molar refractivity (Wildman–Crippen MR) is 78.9 cm³/mol. The van der Waals surface area contributed by atoms with Crippen LogP contribution in [0.1, 0.15) is 6.42 Å². The maximum Gasteiger partial charge on any atom is 0.233 e. The van der Waals surface area contributed by atoms with E-state index >= 15 is 0 Å². The molecule has 2 aromatic rings. The van der Waals surface area contributed by atoms with Crippen molar-refractivity contribution in [3.8, 4) is 0 Å². The fourth-order valence-corrected chi connectivity index (χ4v) is 4.01. The number of fused-ring (bicyclic) bond motifs is 3. The first-order chi connectivity index (χ1) is 9.81. The van der Waals surface area contributed by atoms with Crippen molar-refractivity contribution in [3.63, 3.8) is 0 Å². The molecule has 2 atom stereocenters. The fourth-order valence-electron chi connectivity index (χ4n) is 3.09. The lowest BCUT2D eigenvalue weighted by Gasteiger charge is -2.26. The number of aromatic amines is 1. The molecule has 1 aromatic heterocycles. The molecule has 2 aliphatic rings. The molecule has 0 saturated carbocycles. The Kier molecular flexibility index (Phi) is 2.97. The van der Waals surface area contributed by atoms with Crippen LogP contribution in [-0.4, -0.2) is 46.8 Å². The number of para-hydroxylation sites is 1. The molecule has 20 heavy (non-hydrogen) atoms. The molecule has 3 heterocycles. The van der Waals surface area contributed by atoms with Gasteiger partial charge in [0.25, 0.3) is 0 Å². The number of ether oxygens (including phenoxy) is 1. The number of nitrogens with one attached hydrogen (secondary N) is 1. The number of hydrogen-bond acceptors (Lipinski definition) is 3. The van der Waals surface area contributed by atoms with Gasteiger partial charge in [-0.15, -0.1) is 11.8 Å². The minimum Gasteiger partial charge on any atom is -0.374 e. The molecule has 4 nitrogen and oxygen atoms in total. The van der Waals surface area contributed by atoms with Gasteiger partial charge in [-0.25, -0.2) is 0 Å². The molecule has 2 aliphatic heterocycles. The second kappa shape index (κ2) is 4.82. The molecular weight excluding hydrogens is 272 g/mol. The molecule has 1 aromatic carbocycles. The summed E-state index contributed by atoms with van der Waals surface area (Å²) < 4.78 is 5.53. The summed E-state index contributed by atoms with van der Waals surface area (Å²) in [6.07, 6.45) is 3.28. The Morgan fingerprint density at radius 1 is 1.45 bits per heavy atom. The Bertz CT molecular complexity index is 654. The van der Waals surface area contributed by atoms with Crippen LogP contribution in [0.4, 0.5) is 0 Å². The van der Waals surface area contributed by atoms with E-state index in [4.69, 9.17) is 4.74 Å². The lowest BCUT2D eigenvalue weighted by Crippen LogP contribution is -2.42. The van der Waals surface area contributed by atoms with Gasteiger partial charge >= 0.3 is 0 Å². The maximum atomic E-state index is 12.3. The van der Waals surface area contributed by atoms with E-state index in [9.17, 15) is 4.79 Å². The summed E-state index contributed by atoms with van der Waals surface area (Å²) in [5.41, 5.74) is 1.12. The number of aromatic nitrogens is 1. The van der Waals surface area contributed by atoms with Gasteiger partial charge in [0, 0.05) is 28.5 Å². The molecule has 4 rings (SSSR count). The lowest BCUT2D eigenvalue weighted by atomic mass is 10.2. The van der Waals surface area contributed by atoms with Crippen LogP contribution >= 0.6 is 11.8 Å². The first-order valence-electron chi connectivity index (χ1n) is 6.91. The van der Waals surface area contributed by atoms with E-state index in [-0.39, 0.29) is 12.0 Å². The predicted octanol–water partition coefficient (Wildman–Crippen LogP) is 2.26. The van der Waals surface area contributed by atoms with Crippen molar-refractivity contribution in [2.24, 2.45) is 0 Å². The van der Waals surface area contributed by atoms with Crippen molar-refractivity contribution >= 4 is 28.6 Å². The molecule has 0 radical (unpaired) electrons. The summed E-state index contributed by atoms with van der Waals surface area (Å²) in [6.45, 7) is 1.49. The van der Waals surface area contributed by atoms with E-state index in [2.05, 4.69) is 17.1 Å². The Morgan fingerprint density at radius 2 is 2.35 bits per heavy atom. The van der Waals surface area contributed by atoms with Crippen LogP contribution in [-0.2, 0) is 9.53 Å². The summed E-state index contributed by atoms with van der Waals surface area (Å²) in [5.74, 6) is 0.738. The van der Waals surface area contributed by atoms with E-state index in [1.165, 1.54) is 5.39 Å². The SMILES string of the molecule is O=C(CSc1c[nH]c2ccccc12)N1C[C@H]2C[C@H]1CO2. The van der Waals surface area contributed by atoms with Gasteiger partial charge in [0.15, 0.2) is 0 Å². The average Bonchev–Trinajstić information content (AvgIpc) is 3.19. The highest BCUT2D eigenvalue weighted by molar-refractivity contribution is 8.00. The van der Waals surface area contributed by atoms with Crippen LogP contribution in [0.15, 0.2) is 35.4 Å². The Labute approximate surface area is 121 Å². The topological polar surface area (TPSA) is 45.3 Å². The first kappa shape index (κ1) is 12.3. The second-order valence-electron chi connectivity index (χ2n) is 5.38. The van der Waals surface area contributed by atoms with Crippen LogP contribution in [0, 0.1) is 0 Å². The Hall–Kier alpha value is -1.46. The number of hydrogen-bond donors (Lipinski definition) is 1. The number of carbonyl (C=O) groups excluding carboxylic acids is 1. The first-order valence-corrected chi connectivity index (χ1v) is 7.90. The zero-order valence-corrected chi connectivity index (χ0v) is 11.9. The molecule has 1 amide bonds. The molecule has 0 aliphatic carbocycles. The average molecular weight is 288 g/mol. The number of nitrogens with zero attached hydrogens (tertiary/aromatic N) is 1. The number of H-pyrrole nitrogens is 1. The van der Waals surface area contributed by atoms with Gasteiger partial charge in [-0.3, -0.25) is 4.79 Å². The van der Waals surface area contributed by atoms with Crippen LogP contribution in [0.2, 0.25) is 0 Å². The highest BCUT2D eigenvalue weighted by Crippen LogP contribution is 2.31. The number of amides is 1. The van der Waals surface area contributed by atoms with Crippen molar-refractivity contribution in [1.82, 2.24) is 9.88 Å². The van der Waals surface area contributed by atoms with E-state index in [0.29, 0.717) is 18.4 Å².